The van der Waals surface area contributed by atoms with Crippen LogP contribution in [0.4, 0.5) is 0 Å². The van der Waals surface area contributed by atoms with E-state index in [9.17, 15) is 0 Å². The van der Waals surface area contributed by atoms with E-state index in [2.05, 4.69) is 45.1 Å². The van der Waals surface area contributed by atoms with E-state index in [0.29, 0.717) is 6.04 Å². The highest BCUT2D eigenvalue weighted by atomic mass is 15.2. The van der Waals surface area contributed by atoms with Crippen LogP contribution in [-0.4, -0.2) is 37.6 Å². The highest BCUT2D eigenvalue weighted by molar-refractivity contribution is 4.85. The standard InChI is InChI=1S/C14H30N2/c1-11(2)14(10-15-4)16(5)13-9-7-6-8-12(13)3/h11-15H,6-10H2,1-5H3. The Morgan fingerprint density at radius 1 is 1.25 bits per heavy atom. The molecule has 96 valence electrons. The van der Waals surface area contributed by atoms with Crippen molar-refractivity contribution in [3.8, 4) is 0 Å². The van der Waals surface area contributed by atoms with Gasteiger partial charge in [-0.05, 0) is 38.8 Å². The van der Waals surface area contributed by atoms with Gasteiger partial charge in [0.2, 0.25) is 0 Å². The lowest BCUT2D eigenvalue weighted by Gasteiger charge is -2.42. The average molecular weight is 226 g/mol. The van der Waals surface area contributed by atoms with Crippen LogP contribution in [0, 0.1) is 11.8 Å². The first-order chi connectivity index (χ1) is 7.57. The van der Waals surface area contributed by atoms with Gasteiger partial charge in [0, 0.05) is 18.6 Å². The van der Waals surface area contributed by atoms with Crippen LogP contribution < -0.4 is 5.32 Å². The lowest BCUT2D eigenvalue weighted by Crippen LogP contribution is -2.50. The highest BCUT2D eigenvalue weighted by Crippen LogP contribution is 2.29. The lowest BCUT2D eigenvalue weighted by atomic mass is 9.83. The molecule has 3 atom stereocenters. The molecule has 1 rings (SSSR count). The smallest absolute Gasteiger partial charge is 0.0243 e. The SMILES string of the molecule is CNCC(C(C)C)N(C)C1CCCCC1C. The first-order valence-corrected chi connectivity index (χ1v) is 6.94. The summed E-state index contributed by atoms with van der Waals surface area (Å²) in [6.07, 6.45) is 5.66. The predicted octanol–water partition coefficient (Wildman–Crippen LogP) is 2.74. The Hall–Kier alpha value is -0.0800. The van der Waals surface area contributed by atoms with Crippen LogP contribution in [0.1, 0.15) is 46.5 Å². The fraction of sp³-hybridized carbons (Fsp3) is 1.00. The van der Waals surface area contributed by atoms with Gasteiger partial charge in [0.15, 0.2) is 0 Å². The second-order valence-electron chi connectivity index (χ2n) is 5.86. The van der Waals surface area contributed by atoms with Gasteiger partial charge >= 0.3 is 0 Å². The number of nitrogens with one attached hydrogen (secondary N) is 1. The molecule has 0 aromatic carbocycles. The Balaban J connectivity index is 2.60. The molecule has 2 heteroatoms. The van der Waals surface area contributed by atoms with Crippen LogP contribution in [0.15, 0.2) is 0 Å². The normalized spacial score (nSPS) is 28.7. The summed E-state index contributed by atoms with van der Waals surface area (Å²) < 4.78 is 0. The molecule has 3 unspecified atom stereocenters. The van der Waals surface area contributed by atoms with Crippen molar-refractivity contribution in [3.05, 3.63) is 0 Å². The average Bonchev–Trinajstić information content (AvgIpc) is 2.25. The van der Waals surface area contributed by atoms with Gasteiger partial charge in [-0.3, -0.25) is 4.90 Å². The molecular weight excluding hydrogens is 196 g/mol. The van der Waals surface area contributed by atoms with E-state index in [0.717, 1.165) is 24.4 Å². The zero-order valence-corrected chi connectivity index (χ0v) is 11.8. The zero-order valence-electron chi connectivity index (χ0n) is 11.8. The molecule has 2 nitrogen and oxygen atoms in total. The molecule has 0 aromatic rings. The van der Waals surface area contributed by atoms with Gasteiger partial charge in [-0.25, -0.2) is 0 Å². The van der Waals surface area contributed by atoms with Crippen LogP contribution >= 0.6 is 0 Å². The van der Waals surface area contributed by atoms with Crippen molar-refractivity contribution in [2.24, 2.45) is 11.8 Å². The van der Waals surface area contributed by atoms with E-state index >= 15 is 0 Å². The summed E-state index contributed by atoms with van der Waals surface area (Å²) in [5.74, 6) is 1.60. The third-order valence-electron chi connectivity index (χ3n) is 4.30. The molecule has 0 aromatic heterocycles. The Morgan fingerprint density at radius 2 is 1.88 bits per heavy atom. The molecule has 0 aliphatic heterocycles. The third kappa shape index (κ3) is 3.46. The summed E-state index contributed by atoms with van der Waals surface area (Å²) >= 11 is 0. The van der Waals surface area contributed by atoms with Crippen molar-refractivity contribution in [2.45, 2.75) is 58.5 Å². The molecule has 0 spiro atoms. The van der Waals surface area contributed by atoms with Gasteiger partial charge in [-0.15, -0.1) is 0 Å². The van der Waals surface area contributed by atoms with E-state index < -0.39 is 0 Å². The molecule has 0 heterocycles. The molecule has 16 heavy (non-hydrogen) atoms. The van der Waals surface area contributed by atoms with E-state index in [1.165, 1.54) is 25.7 Å². The summed E-state index contributed by atoms with van der Waals surface area (Å²) in [7, 11) is 4.39. The number of nitrogens with zero attached hydrogens (tertiary/aromatic N) is 1. The lowest BCUT2D eigenvalue weighted by molar-refractivity contribution is 0.0748. The Labute approximate surface area is 102 Å². The quantitative estimate of drug-likeness (QED) is 0.775. The molecular formula is C14H30N2. The van der Waals surface area contributed by atoms with Crippen LogP contribution in [0.3, 0.4) is 0 Å². The van der Waals surface area contributed by atoms with Crippen molar-refractivity contribution < 1.29 is 0 Å². The fourth-order valence-corrected chi connectivity index (χ4v) is 3.21. The first-order valence-electron chi connectivity index (χ1n) is 6.94. The topological polar surface area (TPSA) is 15.3 Å². The second-order valence-corrected chi connectivity index (χ2v) is 5.86. The van der Waals surface area contributed by atoms with Crippen LogP contribution in [0.2, 0.25) is 0 Å². The minimum Gasteiger partial charge on any atom is -0.318 e. The number of hydrogen-bond donors (Lipinski definition) is 1. The summed E-state index contributed by atoms with van der Waals surface area (Å²) in [4.78, 5) is 2.64. The van der Waals surface area contributed by atoms with Gasteiger partial charge in [0.1, 0.15) is 0 Å². The van der Waals surface area contributed by atoms with Crippen molar-refractivity contribution in [1.82, 2.24) is 10.2 Å². The third-order valence-corrected chi connectivity index (χ3v) is 4.30. The monoisotopic (exact) mass is 226 g/mol. The largest absolute Gasteiger partial charge is 0.318 e. The number of rotatable bonds is 5. The number of likely N-dealkylation sites (N-methyl/N-ethyl adjacent to an activating group) is 2. The maximum Gasteiger partial charge on any atom is 0.0243 e. The van der Waals surface area contributed by atoms with E-state index in [4.69, 9.17) is 0 Å². The van der Waals surface area contributed by atoms with Gasteiger partial charge in [-0.1, -0.05) is 33.6 Å². The molecule has 0 amide bonds. The predicted molar refractivity (Wildman–Crippen MR) is 71.7 cm³/mol. The minimum atomic E-state index is 0.676. The fourth-order valence-electron chi connectivity index (χ4n) is 3.21. The number of hydrogen-bond acceptors (Lipinski definition) is 2. The summed E-state index contributed by atoms with van der Waals surface area (Å²) in [6.45, 7) is 8.21. The highest BCUT2D eigenvalue weighted by Gasteiger charge is 2.30. The molecule has 1 fully saturated rings. The Morgan fingerprint density at radius 3 is 2.38 bits per heavy atom. The van der Waals surface area contributed by atoms with Gasteiger partial charge in [0.25, 0.3) is 0 Å². The van der Waals surface area contributed by atoms with Crippen molar-refractivity contribution in [2.75, 3.05) is 20.6 Å². The zero-order chi connectivity index (χ0) is 12.1. The van der Waals surface area contributed by atoms with Crippen LogP contribution in [0.25, 0.3) is 0 Å². The minimum absolute atomic E-state index is 0.676. The maximum absolute atomic E-state index is 3.34. The van der Waals surface area contributed by atoms with E-state index in [1.807, 2.05) is 0 Å². The van der Waals surface area contributed by atoms with Gasteiger partial charge < -0.3 is 5.32 Å². The van der Waals surface area contributed by atoms with E-state index in [-0.39, 0.29) is 0 Å². The Kier molecular flexibility index (Phi) is 5.77. The summed E-state index contributed by atoms with van der Waals surface area (Å²) in [6, 6.07) is 1.48. The second kappa shape index (κ2) is 6.61. The molecule has 0 saturated heterocycles. The maximum atomic E-state index is 3.34. The molecule has 1 N–H and O–H groups in total. The molecule has 1 aliphatic rings. The van der Waals surface area contributed by atoms with Crippen molar-refractivity contribution in [1.29, 1.82) is 0 Å². The van der Waals surface area contributed by atoms with Crippen LogP contribution in [0.5, 0.6) is 0 Å². The Bertz CT molecular complexity index is 187. The summed E-state index contributed by atoms with van der Waals surface area (Å²) in [5.41, 5.74) is 0. The molecule has 0 radical (unpaired) electrons. The molecule has 1 saturated carbocycles. The molecule has 0 bridgehead atoms. The van der Waals surface area contributed by atoms with Crippen molar-refractivity contribution in [3.63, 3.8) is 0 Å². The van der Waals surface area contributed by atoms with Gasteiger partial charge in [0.05, 0.1) is 0 Å². The molecule has 1 aliphatic carbocycles. The first kappa shape index (κ1) is 14.0. The van der Waals surface area contributed by atoms with E-state index in [1.54, 1.807) is 0 Å². The van der Waals surface area contributed by atoms with Gasteiger partial charge in [-0.2, -0.15) is 0 Å². The van der Waals surface area contributed by atoms with Crippen LogP contribution in [-0.2, 0) is 0 Å². The van der Waals surface area contributed by atoms with Crippen molar-refractivity contribution >= 4 is 0 Å². The summed E-state index contributed by atoms with van der Waals surface area (Å²) in [5, 5.41) is 3.34.